The maximum absolute atomic E-state index is 15.2. The molecule has 1 amide bonds. The minimum absolute atomic E-state index is 0.0174. The predicted molar refractivity (Wildman–Crippen MR) is 145 cm³/mol. The Labute approximate surface area is 229 Å². The number of tetrazole rings is 1. The Morgan fingerprint density at radius 2 is 1.71 bits per heavy atom. The van der Waals surface area contributed by atoms with Crippen molar-refractivity contribution in [1.82, 2.24) is 25.5 Å². The highest BCUT2D eigenvalue weighted by Crippen LogP contribution is 2.42. The standard InChI is InChI=1S/C30H18F3N5O3/c1-40-26-9-8-25(38-14-35-36-37-38)23(27(26)33)13-34-30(39)16-3-6-20-22(11-16)29-21-10-15(2-5-19(21)28(20)41-29)18-7-4-17(31)12-24(18)32/h2-12,14H,13H2,1H3,(H,34,39). The molecule has 3 aromatic heterocycles. The highest BCUT2D eigenvalue weighted by molar-refractivity contribution is 6.26. The molecule has 0 saturated heterocycles. The molecule has 8 nitrogen and oxygen atoms in total. The number of halogens is 3. The summed E-state index contributed by atoms with van der Waals surface area (Å²) in [6.45, 7) is -0.159. The highest BCUT2D eigenvalue weighted by Gasteiger charge is 2.21. The number of carbonyl (C=O) groups is 1. The maximum Gasteiger partial charge on any atom is 0.251 e. The molecule has 0 aliphatic carbocycles. The first-order valence-corrected chi connectivity index (χ1v) is 12.5. The van der Waals surface area contributed by atoms with E-state index in [1.807, 2.05) is 6.07 Å². The van der Waals surface area contributed by atoms with Gasteiger partial charge >= 0.3 is 0 Å². The van der Waals surface area contributed by atoms with Crippen molar-refractivity contribution in [3.63, 3.8) is 0 Å². The van der Waals surface area contributed by atoms with Gasteiger partial charge in [0.15, 0.2) is 11.6 Å². The average molecular weight is 554 g/mol. The van der Waals surface area contributed by atoms with Crippen LogP contribution in [0, 0.1) is 17.5 Å². The molecule has 7 rings (SSSR count). The lowest BCUT2D eigenvalue weighted by atomic mass is 9.97. The van der Waals surface area contributed by atoms with Crippen LogP contribution in [0.3, 0.4) is 0 Å². The van der Waals surface area contributed by atoms with E-state index in [1.54, 1.807) is 36.4 Å². The second-order valence-corrected chi connectivity index (χ2v) is 9.42. The summed E-state index contributed by atoms with van der Waals surface area (Å²) < 4.78 is 55.5. The van der Waals surface area contributed by atoms with Gasteiger partial charge in [0.2, 0.25) is 0 Å². The number of amides is 1. The quantitative estimate of drug-likeness (QED) is 0.247. The van der Waals surface area contributed by atoms with Gasteiger partial charge in [-0.3, -0.25) is 4.79 Å². The van der Waals surface area contributed by atoms with E-state index in [1.165, 1.54) is 36.3 Å². The Bertz CT molecular complexity index is 2110. The Kier molecular flexibility index (Phi) is 5.60. The number of hydrogen-bond acceptors (Lipinski definition) is 6. The van der Waals surface area contributed by atoms with Crippen molar-refractivity contribution in [1.29, 1.82) is 0 Å². The first-order valence-electron chi connectivity index (χ1n) is 12.5. The molecule has 1 N–H and O–H groups in total. The van der Waals surface area contributed by atoms with Crippen molar-refractivity contribution in [2.75, 3.05) is 7.11 Å². The number of fused-ring (bicyclic) bond motifs is 8. The molecule has 0 aliphatic rings. The van der Waals surface area contributed by atoms with Crippen LogP contribution < -0.4 is 10.1 Å². The van der Waals surface area contributed by atoms with E-state index < -0.39 is 23.4 Å². The third-order valence-corrected chi connectivity index (χ3v) is 7.15. The number of aromatic nitrogens is 4. The fourth-order valence-corrected chi connectivity index (χ4v) is 5.18. The highest BCUT2D eigenvalue weighted by atomic mass is 19.1. The number of ether oxygens (including phenoxy) is 1. The number of hydrogen-bond donors (Lipinski definition) is 1. The molecule has 0 atom stereocenters. The molecule has 202 valence electrons. The third-order valence-electron chi connectivity index (χ3n) is 7.15. The van der Waals surface area contributed by atoms with Crippen molar-refractivity contribution in [3.05, 3.63) is 102 Å². The molecule has 0 spiro atoms. The molecule has 4 aromatic carbocycles. The largest absolute Gasteiger partial charge is 0.494 e. The van der Waals surface area contributed by atoms with Gasteiger partial charge in [0.05, 0.1) is 12.8 Å². The smallest absolute Gasteiger partial charge is 0.251 e. The molecule has 7 aromatic rings. The second-order valence-electron chi connectivity index (χ2n) is 9.42. The van der Waals surface area contributed by atoms with E-state index in [-0.39, 0.29) is 23.4 Å². The van der Waals surface area contributed by atoms with Crippen molar-refractivity contribution in [2.45, 2.75) is 6.54 Å². The summed E-state index contributed by atoms with van der Waals surface area (Å²) in [5.74, 6) is -2.38. The van der Waals surface area contributed by atoms with Gasteiger partial charge in [0.25, 0.3) is 5.91 Å². The Hall–Kier alpha value is -5.45. The van der Waals surface area contributed by atoms with Gasteiger partial charge in [-0.25, -0.2) is 17.9 Å². The van der Waals surface area contributed by atoms with Crippen LogP contribution in [-0.2, 0) is 6.54 Å². The van der Waals surface area contributed by atoms with Crippen LogP contribution in [0.1, 0.15) is 15.9 Å². The van der Waals surface area contributed by atoms with Crippen molar-refractivity contribution in [3.8, 4) is 22.6 Å². The van der Waals surface area contributed by atoms with E-state index in [2.05, 4.69) is 20.8 Å². The molecule has 3 heterocycles. The van der Waals surface area contributed by atoms with Gasteiger partial charge in [0.1, 0.15) is 29.1 Å². The van der Waals surface area contributed by atoms with Gasteiger partial charge in [-0.2, -0.15) is 0 Å². The summed E-state index contributed by atoms with van der Waals surface area (Å²) in [7, 11) is 1.35. The maximum atomic E-state index is 15.2. The summed E-state index contributed by atoms with van der Waals surface area (Å²) >= 11 is 0. The zero-order valence-corrected chi connectivity index (χ0v) is 21.3. The van der Waals surface area contributed by atoms with Gasteiger partial charge < -0.3 is 14.5 Å². The number of methoxy groups -OCH3 is 1. The van der Waals surface area contributed by atoms with Gasteiger partial charge in [-0.05, 0) is 70.6 Å². The number of furan rings is 2. The molecule has 11 heteroatoms. The van der Waals surface area contributed by atoms with Crippen LogP contribution in [0.5, 0.6) is 5.75 Å². The van der Waals surface area contributed by atoms with Gasteiger partial charge in [-0.15, -0.1) is 5.10 Å². The summed E-state index contributed by atoms with van der Waals surface area (Å²) in [5.41, 5.74) is 2.86. The third kappa shape index (κ3) is 3.93. The van der Waals surface area contributed by atoms with Crippen LogP contribution in [0.25, 0.3) is 49.5 Å². The number of rotatable bonds is 6. The van der Waals surface area contributed by atoms with Gasteiger partial charge in [-0.1, -0.05) is 6.07 Å². The topological polar surface area (TPSA) is 95.1 Å². The molecular formula is C30H18F3N5O3. The lowest BCUT2D eigenvalue weighted by Crippen LogP contribution is -2.24. The Morgan fingerprint density at radius 3 is 2.46 bits per heavy atom. The number of carbonyl (C=O) groups excluding carboxylic acids is 1. The molecule has 0 radical (unpaired) electrons. The summed E-state index contributed by atoms with van der Waals surface area (Å²) in [5, 5.41) is 16.9. The molecular weight excluding hydrogens is 535 g/mol. The summed E-state index contributed by atoms with van der Waals surface area (Å²) in [6, 6.07) is 17.0. The van der Waals surface area contributed by atoms with Crippen LogP contribution in [0.2, 0.25) is 0 Å². The molecule has 0 fully saturated rings. The number of nitrogens with zero attached hydrogens (tertiary/aromatic N) is 4. The van der Waals surface area contributed by atoms with Crippen molar-refractivity contribution >= 4 is 38.6 Å². The van der Waals surface area contributed by atoms with E-state index in [0.29, 0.717) is 33.4 Å². The van der Waals surface area contributed by atoms with Crippen LogP contribution in [0.15, 0.2) is 77.5 Å². The number of benzene rings is 5. The molecule has 0 saturated carbocycles. The minimum atomic E-state index is -0.665. The average Bonchev–Trinajstić information content (AvgIpc) is 3.73. The monoisotopic (exact) mass is 553 g/mol. The first-order chi connectivity index (χ1) is 19.9. The van der Waals surface area contributed by atoms with Crippen LogP contribution in [-0.4, -0.2) is 33.2 Å². The molecule has 41 heavy (non-hydrogen) atoms. The lowest BCUT2D eigenvalue weighted by Gasteiger charge is -2.13. The summed E-state index contributed by atoms with van der Waals surface area (Å²) in [6.07, 6.45) is 1.32. The minimum Gasteiger partial charge on any atom is -0.494 e. The van der Waals surface area contributed by atoms with Crippen molar-refractivity contribution in [2.24, 2.45) is 0 Å². The van der Waals surface area contributed by atoms with E-state index in [4.69, 9.17) is 9.15 Å². The molecule has 2 bridgehead atoms. The normalized spacial score (nSPS) is 11.6. The van der Waals surface area contributed by atoms with Crippen LogP contribution in [0.4, 0.5) is 13.2 Å². The van der Waals surface area contributed by atoms with Crippen molar-refractivity contribution < 1.29 is 27.1 Å². The zero-order valence-electron chi connectivity index (χ0n) is 21.3. The second kappa shape index (κ2) is 9.33. The first kappa shape index (κ1) is 24.6. The van der Waals surface area contributed by atoms with E-state index >= 15 is 4.39 Å². The fourth-order valence-electron chi connectivity index (χ4n) is 5.18. The number of nitrogens with one attached hydrogen (secondary N) is 1. The predicted octanol–water partition coefficient (Wildman–Crippen LogP) is 6.18. The summed E-state index contributed by atoms with van der Waals surface area (Å²) in [4.78, 5) is 13.2. The fraction of sp³-hybridized carbons (Fsp3) is 0.0667. The Balaban J connectivity index is 1.23. The van der Waals surface area contributed by atoms with Crippen LogP contribution >= 0.6 is 0 Å². The molecule has 0 aliphatic heterocycles. The van der Waals surface area contributed by atoms with Gasteiger partial charge in [0, 0.05) is 50.8 Å². The SMILES string of the molecule is COc1ccc(-n2cnnn2)c(CNC(=O)c2ccc3c(c2)c2oc3c3ccc(-c4ccc(F)cc4F)cc32)c1F. The Morgan fingerprint density at radius 1 is 0.927 bits per heavy atom. The lowest BCUT2D eigenvalue weighted by molar-refractivity contribution is 0.0950. The molecule has 0 unspecified atom stereocenters. The van der Waals surface area contributed by atoms with E-state index in [9.17, 15) is 13.6 Å². The zero-order chi connectivity index (χ0) is 28.2. The van der Waals surface area contributed by atoms with E-state index in [0.717, 1.165) is 22.2 Å².